The Balaban J connectivity index is 3.18. The maximum Gasteiger partial charge on any atom is 0.294 e. The highest BCUT2D eigenvalue weighted by molar-refractivity contribution is 6.00. The van der Waals surface area contributed by atoms with E-state index in [9.17, 15) is 30.3 Å². The summed E-state index contributed by atoms with van der Waals surface area (Å²) in [5.74, 6) is -6.18. The molecule has 1 aromatic carbocycles. The van der Waals surface area contributed by atoms with Gasteiger partial charge in [0.25, 0.3) is 5.56 Å². The molecule has 0 bridgehead atoms. The first kappa shape index (κ1) is 10.7. The number of H-pyrrole nitrogens is 1. The standard InChI is InChI=1S/C9H7NO7/c11-3-1-2(5(13)7(15)6(3)14)10-9(17)8(16)4(1)12/h11,13-16H,(H2,10,12,17). The third-order valence-corrected chi connectivity index (χ3v) is 2.31. The van der Waals surface area contributed by atoms with Crippen LogP contribution < -0.4 is 5.56 Å². The molecule has 0 spiro atoms. The van der Waals surface area contributed by atoms with Crippen LogP contribution in [0.3, 0.4) is 0 Å². The number of phenols is 4. The molecule has 7 N–H and O–H groups in total. The average Bonchev–Trinajstić information content (AvgIpc) is 2.30. The van der Waals surface area contributed by atoms with Gasteiger partial charge in [0.1, 0.15) is 5.52 Å². The number of aromatic nitrogens is 1. The molecule has 1 heterocycles. The maximum absolute atomic E-state index is 11.1. The molecule has 0 aliphatic rings. The van der Waals surface area contributed by atoms with Crippen molar-refractivity contribution in [2.45, 2.75) is 0 Å². The summed E-state index contributed by atoms with van der Waals surface area (Å²) in [5, 5.41) is 55.3. The van der Waals surface area contributed by atoms with Crippen molar-refractivity contribution in [2.24, 2.45) is 0 Å². The third kappa shape index (κ3) is 1.20. The van der Waals surface area contributed by atoms with E-state index in [4.69, 9.17) is 5.11 Å². The Bertz CT molecular complexity index is 688. The number of benzene rings is 1. The van der Waals surface area contributed by atoms with E-state index in [1.807, 2.05) is 4.98 Å². The van der Waals surface area contributed by atoms with Crippen molar-refractivity contribution in [3.05, 3.63) is 10.4 Å². The van der Waals surface area contributed by atoms with Crippen LogP contribution in [0.1, 0.15) is 0 Å². The molecule has 0 aliphatic carbocycles. The molecule has 8 nitrogen and oxygen atoms in total. The normalized spacial score (nSPS) is 10.8. The van der Waals surface area contributed by atoms with E-state index in [1.165, 1.54) is 0 Å². The van der Waals surface area contributed by atoms with E-state index in [-0.39, 0.29) is 0 Å². The van der Waals surface area contributed by atoms with E-state index in [2.05, 4.69) is 0 Å². The topological polar surface area (TPSA) is 154 Å². The number of nitrogens with one attached hydrogen (secondary N) is 1. The Hall–Kier alpha value is -2.77. The van der Waals surface area contributed by atoms with Crippen molar-refractivity contribution in [1.29, 1.82) is 0 Å². The van der Waals surface area contributed by atoms with Gasteiger partial charge in [-0.3, -0.25) is 4.79 Å². The first-order valence-electron chi connectivity index (χ1n) is 4.30. The van der Waals surface area contributed by atoms with Gasteiger partial charge < -0.3 is 35.6 Å². The van der Waals surface area contributed by atoms with Crippen LogP contribution >= 0.6 is 0 Å². The maximum atomic E-state index is 11.1. The molecule has 0 fully saturated rings. The lowest BCUT2D eigenvalue weighted by atomic mass is 10.1. The highest BCUT2D eigenvalue weighted by Gasteiger charge is 2.23. The first-order valence-corrected chi connectivity index (χ1v) is 4.30. The number of aromatic amines is 1. The van der Waals surface area contributed by atoms with Gasteiger partial charge >= 0.3 is 0 Å². The van der Waals surface area contributed by atoms with Crippen molar-refractivity contribution >= 4 is 10.9 Å². The zero-order valence-corrected chi connectivity index (χ0v) is 8.09. The molecule has 0 aliphatic heterocycles. The van der Waals surface area contributed by atoms with Crippen LogP contribution in [0.25, 0.3) is 10.9 Å². The van der Waals surface area contributed by atoms with Crippen LogP contribution in [0.4, 0.5) is 0 Å². The number of fused-ring (bicyclic) bond motifs is 1. The summed E-state index contributed by atoms with van der Waals surface area (Å²) < 4.78 is 0. The fourth-order valence-electron chi connectivity index (χ4n) is 1.45. The zero-order valence-electron chi connectivity index (χ0n) is 8.09. The Morgan fingerprint density at radius 2 is 1.12 bits per heavy atom. The van der Waals surface area contributed by atoms with E-state index < -0.39 is 51.0 Å². The fourth-order valence-corrected chi connectivity index (χ4v) is 1.45. The second kappa shape index (κ2) is 3.11. The third-order valence-electron chi connectivity index (χ3n) is 2.31. The van der Waals surface area contributed by atoms with Crippen LogP contribution in [-0.2, 0) is 0 Å². The highest BCUT2D eigenvalue weighted by Crippen LogP contribution is 2.50. The van der Waals surface area contributed by atoms with Crippen LogP contribution in [-0.4, -0.2) is 35.6 Å². The lowest BCUT2D eigenvalue weighted by molar-refractivity contribution is 0.348. The Morgan fingerprint density at radius 3 is 1.71 bits per heavy atom. The van der Waals surface area contributed by atoms with Gasteiger partial charge in [0.15, 0.2) is 17.2 Å². The molecular weight excluding hydrogens is 234 g/mol. The molecule has 90 valence electrons. The molecule has 8 heteroatoms. The second-order valence-corrected chi connectivity index (χ2v) is 3.30. The van der Waals surface area contributed by atoms with Gasteiger partial charge in [0.2, 0.25) is 17.2 Å². The van der Waals surface area contributed by atoms with Crippen molar-refractivity contribution in [3.8, 4) is 34.5 Å². The largest absolute Gasteiger partial charge is 0.504 e. The van der Waals surface area contributed by atoms with E-state index >= 15 is 0 Å². The summed E-state index contributed by atoms with van der Waals surface area (Å²) in [7, 11) is 0. The molecule has 0 saturated carbocycles. The molecule has 0 atom stereocenters. The number of rotatable bonds is 0. The summed E-state index contributed by atoms with van der Waals surface area (Å²) >= 11 is 0. The molecule has 0 saturated heterocycles. The Labute approximate surface area is 92.3 Å². The number of hydrogen-bond donors (Lipinski definition) is 7. The molecule has 0 unspecified atom stereocenters. The van der Waals surface area contributed by atoms with Gasteiger partial charge in [-0.1, -0.05) is 0 Å². The summed E-state index contributed by atoms with van der Waals surface area (Å²) in [6.45, 7) is 0. The van der Waals surface area contributed by atoms with Gasteiger partial charge in [-0.15, -0.1) is 0 Å². The smallest absolute Gasteiger partial charge is 0.294 e. The minimum Gasteiger partial charge on any atom is -0.504 e. The van der Waals surface area contributed by atoms with Crippen LogP contribution in [0.5, 0.6) is 34.5 Å². The molecule has 1 aromatic heterocycles. The van der Waals surface area contributed by atoms with Crippen LogP contribution in [0.2, 0.25) is 0 Å². The minimum atomic E-state index is -1.13. The lowest BCUT2D eigenvalue weighted by Gasteiger charge is -2.10. The molecule has 0 radical (unpaired) electrons. The summed E-state index contributed by atoms with van der Waals surface area (Å²) in [6, 6.07) is 0. The van der Waals surface area contributed by atoms with Crippen molar-refractivity contribution in [3.63, 3.8) is 0 Å². The minimum absolute atomic E-state index is 0.516. The molecular formula is C9H7NO7. The number of hydrogen-bond acceptors (Lipinski definition) is 7. The zero-order chi connectivity index (χ0) is 12.9. The molecule has 17 heavy (non-hydrogen) atoms. The number of pyridine rings is 1. The van der Waals surface area contributed by atoms with Crippen molar-refractivity contribution < 1.29 is 30.6 Å². The second-order valence-electron chi connectivity index (χ2n) is 3.30. The monoisotopic (exact) mass is 241 g/mol. The number of aromatic hydroxyl groups is 6. The van der Waals surface area contributed by atoms with Crippen LogP contribution in [0.15, 0.2) is 4.79 Å². The lowest BCUT2D eigenvalue weighted by Crippen LogP contribution is -2.05. The van der Waals surface area contributed by atoms with Gasteiger partial charge in [-0.25, -0.2) is 0 Å². The SMILES string of the molecule is O=c1[nH]c2c(O)c(O)c(O)c(O)c2c(O)c1O. The van der Waals surface area contributed by atoms with Crippen LogP contribution in [0, 0.1) is 0 Å². The predicted molar refractivity (Wildman–Crippen MR) is 54.6 cm³/mol. The Kier molecular flexibility index (Phi) is 1.96. The van der Waals surface area contributed by atoms with Crippen molar-refractivity contribution in [2.75, 3.05) is 0 Å². The van der Waals surface area contributed by atoms with Crippen molar-refractivity contribution in [1.82, 2.24) is 4.98 Å². The van der Waals surface area contributed by atoms with E-state index in [1.54, 1.807) is 0 Å². The average molecular weight is 241 g/mol. The van der Waals surface area contributed by atoms with Gasteiger partial charge in [-0.2, -0.15) is 0 Å². The molecule has 2 aromatic rings. The van der Waals surface area contributed by atoms with Gasteiger partial charge in [0.05, 0.1) is 5.39 Å². The van der Waals surface area contributed by atoms with Gasteiger partial charge in [-0.05, 0) is 0 Å². The highest BCUT2D eigenvalue weighted by atomic mass is 16.3. The van der Waals surface area contributed by atoms with E-state index in [0.717, 1.165) is 0 Å². The summed E-state index contributed by atoms with van der Waals surface area (Å²) in [6.07, 6.45) is 0. The Morgan fingerprint density at radius 1 is 0.647 bits per heavy atom. The fraction of sp³-hybridized carbons (Fsp3) is 0. The molecule has 2 rings (SSSR count). The predicted octanol–water partition coefficient (Wildman–Crippen LogP) is -0.238. The quantitative estimate of drug-likeness (QED) is 0.248. The first-order chi connectivity index (χ1) is 7.86. The number of phenolic OH excluding ortho intramolecular Hbond substituents is 4. The van der Waals surface area contributed by atoms with Gasteiger partial charge in [0, 0.05) is 0 Å². The summed E-state index contributed by atoms with van der Waals surface area (Å²) in [5.41, 5.74) is -1.65. The molecule has 0 amide bonds. The van der Waals surface area contributed by atoms with E-state index in [0.29, 0.717) is 0 Å². The summed E-state index contributed by atoms with van der Waals surface area (Å²) in [4.78, 5) is 13.0.